The highest BCUT2D eigenvalue weighted by atomic mass is 16.7. The molecular weight excluding hydrogens is 446 g/mol. The van der Waals surface area contributed by atoms with Gasteiger partial charge in [-0.25, -0.2) is 0 Å². The van der Waals surface area contributed by atoms with Gasteiger partial charge in [0.15, 0.2) is 11.9 Å². The minimum Gasteiger partial charge on any atom is -0.488 e. The first-order valence-corrected chi connectivity index (χ1v) is 12.3. The molecule has 5 rings (SSSR count). The summed E-state index contributed by atoms with van der Waals surface area (Å²) in [6.45, 7) is 4.56. The number of hydrogen-bond donors (Lipinski definition) is 1. The molecular formula is C27H31N3O5. The summed E-state index contributed by atoms with van der Waals surface area (Å²) in [6.07, 6.45) is 4.18. The predicted molar refractivity (Wildman–Crippen MR) is 129 cm³/mol. The quantitative estimate of drug-likeness (QED) is 0.497. The van der Waals surface area contributed by atoms with E-state index in [9.17, 15) is 5.11 Å². The second-order valence-corrected chi connectivity index (χ2v) is 9.26. The second-order valence-electron chi connectivity index (χ2n) is 9.26. The van der Waals surface area contributed by atoms with Crippen molar-refractivity contribution in [3.8, 4) is 11.8 Å². The number of fused-ring (bicyclic) bond motifs is 1. The molecule has 1 N–H and O–H groups in total. The number of aryl methyl sites for hydroxylation is 1. The Labute approximate surface area is 205 Å². The van der Waals surface area contributed by atoms with E-state index >= 15 is 0 Å². The molecule has 0 atom stereocenters. The molecule has 3 aromatic rings. The molecule has 2 saturated heterocycles. The van der Waals surface area contributed by atoms with Crippen LogP contribution in [0.25, 0.3) is 11.0 Å². The van der Waals surface area contributed by atoms with Gasteiger partial charge in [-0.3, -0.25) is 4.90 Å². The summed E-state index contributed by atoms with van der Waals surface area (Å²) in [7, 11) is 0. The topological polar surface area (TPSA) is 101 Å². The largest absolute Gasteiger partial charge is 0.488 e. The zero-order valence-corrected chi connectivity index (χ0v) is 19.8. The van der Waals surface area contributed by atoms with Crippen LogP contribution in [0.1, 0.15) is 41.6 Å². The highest BCUT2D eigenvalue weighted by Gasteiger charge is 2.25. The van der Waals surface area contributed by atoms with Gasteiger partial charge in [0.05, 0.1) is 42.7 Å². The van der Waals surface area contributed by atoms with Crippen molar-refractivity contribution < 1.29 is 23.8 Å². The van der Waals surface area contributed by atoms with Crippen LogP contribution in [0.4, 0.5) is 0 Å². The van der Waals surface area contributed by atoms with E-state index in [0.29, 0.717) is 48.2 Å². The number of rotatable bonds is 9. The summed E-state index contributed by atoms with van der Waals surface area (Å²) < 4.78 is 22.8. The van der Waals surface area contributed by atoms with Crippen LogP contribution < -0.4 is 4.74 Å². The van der Waals surface area contributed by atoms with Crippen LogP contribution in [0.3, 0.4) is 0 Å². The highest BCUT2D eigenvalue weighted by Crippen LogP contribution is 2.32. The highest BCUT2D eigenvalue weighted by molar-refractivity contribution is 5.84. The molecule has 0 aliphatic carbocycles. The van der Waals surface area contributed by atoms with Gasteiger partial charge in [-0.2, -0.15) is 5.26 Å². The third-order valence-electron chi connectivity index (χ3n) is 7.01. The third kappa shape index (κ3) is 5.65. The van der Waals surface area contributed by atoms with Gasteiger partial charge in [-0.15, -0.1) is 0 Å². The molecule has 2 aliphatic heterocycles. The summed E-state index contributed by atoms with van der Waals surface area (Å²) in [5.41, 5.74) is 3.69. The van der Waals surface area contributed by atoms with Crippen LogP contribution >= 0.6 is 0 Å². The Kier molecular flexibility index (Phi) is 7.60. The molecule has 0 spiro atoms. The number of hydrogen-bond acceptors (Lipinski definition) is 8. The average Bonchev–Trinajstić information content (AvgIpc) is 3.57. The number of aromatic nitrogens is 1. The number of nitrogens with zero attached hydrogens (tertiary/aromatic N) is 3. The van der Waals surface area contributed by atoms with Gasteiger partial charge in [0.2, 0.25) is 0 Å². The number of nitriles is 1. The van der Waals surface area contributed by atoms with Crippen LogP contribution in [0.15, 0.2) is 40.9 Å². The molecule has 0 saturated carbocycles. The maximum atomic E-state index is 10.0. The van der Waals surface area contributed by atoms with E-state index in [1.54, 1.807) is 12.1 Å². The predicted octanol–water partition coefficient (Wildman–Crippen LogP) is 3.79. The lowest BCUT2D eigenvalue weighted by molar-refractivity contribution is -0.0661. The monoisotopic (exact) mass is 477 g/mol. The number of ether oxygens (including phenoxy) is 3. The van der Waals surface area contributed by atoms with Crippen LogP contribution in [0.2, 0.25) is 0 Å². The minimum atomic E-state index is -0.193. The Hall–Kier alpha value is -2.96. The van der Waals surface area contributed by atoms with Gasteiger partial charge in [0.25, 0.3) is 0 Å². The zero-order valence-electron chi connectivity index (χ0n) is 19.8. The maximum Gasteiger partial charge on any atom is 0.176 e. The first-order valence-electron chi connectivity index (χ1n) is 12.3. The van der Waals surface area contributed by atoms with Crippen molar-refractivity contribution in [2.75, 3.05) is 32.8 Å². The lowest BCUT2D eigenvalue weighted by Crippen LogP contribution is -2.39. The molecule has 8 heteroatoms. The Bertz CT molecular complexity index is 1160. The van der Waals surface area contributed by atoms with E-state index in [1.807, 2.05) is 24.3 Å². The molecule has 0 unspecified atom stereocenters. The fraction of sp³-hybridized carbons (Fsp3) is 0.481. The number of piperidine rings is 1. The summed E-state index contributed by atoms with van der Waals surface area (Å²) in [4.78, 5) is 2.44. The van der Waals surface area contributed by atoms with Crippen molar-refractivity contribution in [2.45, 2.75) is 45.2 Å². The van der Waals surface area contributed by atoms with E-state index < -0.39 is 0 Å². The van der Waals surface area contributed by atoms with Gasteiger partial charge in [-0.05, 0) is 74.5 Å². The number of likely N-dealkylation sites (tertiary alicyclic amines) is 1. The Balaban J connectivity index is 1.17. The van der Waals surface area contributed by atoms with E-state index in [1.165, 1.54) is 0 Å². The van der Waals surface area contributed by atoms with Crippen molar-refractivity contribution >= 4 is 11.0 Å². The first kappa shape index (κ1) is 23.8. The molecule has 2 aliphatic rings. The number of benzene rings is 2. The smallest absolute Gasteiger partial charge is 0.176 e. The Morgan fingerprint density at radius 1 is 1.09 bits per heavy atom. The van der Waals surface area contributed by atoms with Crippen molar-refractivity contribution in [2.24, 2.45) is 5.92 Å². The van der Waals surface area contributed by atoms with Crippen LogP contribution in [0, 0.1) is 17.2 Å². The molecule has 0 amide bonds. The molecule has 2 aromatic carbocycles. The SMILES string of the molecule is N#Cc1ccc(COc2ccc3c(CCC4CCN(CC5OCCO5)CC4)noc3c2CO)cc1. The molecule has 2 fully saturated rings. The fourth-order valence-corrected chi connectivity index (χ4v) is 4.92. The van der Waals surface area contributed by atoms with Gasteiger partial charge in [-0.1, -0.05) is 17.3 Å². The summed E-state index contributed by atoms with van der Waals surface area (Å²) in [5, 5.41) is 24.2. The number of aliphatic hydroxyl groups is 1. The summed E-state index contributed by atoms with van der Waals surface area (Å²) in [5.74, 6) is 1.24. The van der Waals surface area contributed by atoms with Crippen LogP contribution in [-0.2, 0) is 29.1 Å². The van der Waals surface area contributed by atoms with Crippen LogP contribution in [0.5, 0.6) is 5.75 Å². The molecule has 3 heterocycles. The lowest BCUT2D eigenvalue weighted by Gasteiger charge is -2.32. The van der Waals surface area contributed by atoms with E-state index in [4.69, 9.17) is 24.0 Å². The van der Waals surface area contributed by atoms with Crippen molar-refractivity contribution in [3.05, 3.63) is 58.8 Å². The standard InChI is InChI=1S/C27H31N3O5/c28-15-20-1-3-21(4-2-20)18-34-25-8-6-22-24(29-35-27(22)23(25)17-31)7-5-19-9-11-30(12-10-19)16-26-32-13-14-33-26/h1-4,6,8,19,26,31H,5,7,9-14,16-18H2. The fourth-order valence-electron chi connectivity index (χ4n) is 4.92. The van der Waals surface area contributed by atoms with Crippen molar-refractivity contribution in [1.82, 2.24) is 10.1 Å². The maximum absolute atomic E-state index is 10.0. The van der Waals surface area contributed by atoms with Gasteiger partial charge >= 0.3 is 0 Å². The van der Waals surface area contributed by atoms with E-state index in [0.717, 1.165) is 62.0 Å². The summed E-state index contributed by atoms with van der Waals surface area (Å²) in [6, 6.07) is 13.2. The molecule has 184 valence electrons. The zero-order chi connectivity index (χ0) is 24.0. The minimum absolute atomic E-state index is 0.0632. The average molecular weight is 478 g/mol. The van der Waals surface area contributed by atoms with E-state index in [2.05, 4.69) is 16.1 Å². The molecule has 1 aromatic heterocycles. The Morgan fingerprint density at radius 3 is 2.57 bits per heavy atom. The first-order chi connectivity index (χ1) is 17.2. The van der Waals surface area contributed by atoms with Crippen molar-refractivity contribution in [3.63, 3.8) is 0 Å². The molecule has 0 bridgehead atoms. The van der Waals surface area contributed by atoms with Gasteiger partial charge < -0.3 is 23.8 Å². The third-order valence-corrected chi connectivity index (χ3v) is 7.01. The molecule has 8 nitrogen and oxygen atoms in total. The van der Waals surface area contributed by atoms with Gasteiger partial charge in [0.1, 0.15) is 12.4 Å². The number of aliphatic hydroxyl groups excluding tert-OH is 1. The van der Waals surface area contributed by atoms with Crippen LogP contribution in [-0.4, -0.2) is 54.3 Å². The lowest BCUT2D eigenvalue weighted by atomic mass is 9.91. The second kappa shape index (κ2) is 11.2. The summed E-state index contributed by atoms with van der Waals surface area (Å²) >= 11 is 0. The molecule has 0 radical (unpaired) electrons. The molecule has 35 heavy (non-hydrogen) atoms. The normalized spacial score (nSPS) is 17.7. The van der Waals surface area contributed by atoms with Gasteiger partial charge in [0, 0.05) is 11.9 Å². The van der Waals surface area contributed by atoms with E-state index in [-0.39, 0.29) is 12.9 Å². The Morgan fingerprint density at radius 2 is 1.86 bits per heavy atom. The van der Waals surface area contributed by atoms with Crippen molar-refractivity contribution in [1.29, 1.82) is 5.26 Å².